The van der Waals surface area contributed by atoms with Crippen LogP contribution in [0.25, 0.3) is 0 Å². The highest BCUT2D eigenvalue weighted by atomic mass is 19.1. The second-order valence-corrected chi connectivity index (χ2v) is 7.04. The van der Waals surface area contributed by atoms with Gasteiger partial charge in [0, 0.05) is 13.1 Å². The molecular weight excluding hydrogens is 347 g/mol. The number of carbonyl (C=O) groups excluding carboxylic acids is 1. The highest BCUT2D eigenvalue weighted by Gasteiger charge is 2.34. The smallest absolute Gasteiger partial charge is 0.234 e. The average molecular weight is 372 g/mol. The second-order valence-electron chi connectivity index (χ2n) is 7.04. The van der Waals surface area contributed by atoms with E-state index in [4.69, 9.17) is 4.74 Å². The maximum Gasteiger partial charge on any atom is 0.234 e. The number of ether oxygens (including phenoxy) is 1. The Hall–Kier alpha value is -2.44. The molecule has 27 heavy (non-hydrogen) atoms. The minimum absolute atomic E-state index is 0.118. The number of rotatable bonds is 7. The minimum Gasteiger partial charge on any atom is -0.491 e. The zero-order chi connectivity index (χ0) is 19.1. The molecule has 0 aliphatic carbocycles. The van der Waals surface area contributed by atoms with Gasteiger partial charge in [-0.15, -0.1) is 0 Å². The summed E-state index contributed by atoms with van der Waals surface area (Å²) in [7, 11) is 0. The van der Waals surface area contributed by atoms with Crippen molar-refractivity contribution in [1.29, 1.82) is 0 Å². The number of hydrogen-bond donors (Lipinski definition) is 2. The van der Waals surface area contributed by atoms with E-state index in [1.807, 2.05) is 35.2 Å². The summed E-state index contributed by atoms with van der Waals surface area (Å²) in [5.74, 6) is 0.308. The zero-order valence-corrected chi connectivity index (χ0v) is 15.2. The van der Waals surface area contributed by atoms with E-state index >= 15 is 0 Å². The number of nitrogens with one attached hydrogen (secondary N) is 1. The Morgan fingerprint density at radius 2 is 1.93 bits per heavy atom. The van der Waals surface area contributed by atoms with Crippen LogP contribution in [0.5, 0.6) is 5.75 Å². The van der Waals surface area contributed by atoms with Gasteiger partial charge >= 0.3 is 0 Å². The van der Waals surface area contributed by atoms with E-state index < -0.39 is 5.60 Å². The van der Waals surface area contributed by atoms with E-state index in [1.54, 1.807) is 12.1 Å². The molecule has 0 spiro atoms. The number of piperidine rings is 1. The minimum atomic E-state index is -0.967. The Labute approximate surface area is 158 Å². The zero-order valence-electron chi connectivity index (χ0n) is 15.2. The van der Waals surface area contributed by atoms with Gasteiger partial charge in [-0.2, -0.15) is 0 Å². The number of nitrogens with zero attached hydrogens (tertiary/aromatic N) is 1. The number of β-amino-alcohol motifs (C(OH)–C–C–N with tert-alkyl or cyclic N) is 1. The van der Waals surface area contributed by atoms with E-state index in [1.165, 1.54) is 12.1 Å². The largest absolute Gasteiger partial charge is 0.491 e. The maximum absolute atomic E-state index is 12.9. The Morgan fingerprint density at radius 1 is 1.19 bits per heavy atom. The summed E-state index contributed by atoms with van der Waals surface area (Å²) in [6.07, 6.45) is 1.45. The monoisotopic (exact) mass is 372 g/mol. The third-order valence-electron chi connectivity index (χ3n) is 4.66. The van der Waals surface area contributed by atoms with Crippen molar-refractivity contribution in [3.8, 4) is 5.75 Å². The van der Waals surface area contributed by atoms with Gasteiger partial charge in [0.2, 0.25) is 5.91 Å². The second kappa shape index (κ2) is 8.97. The molecule has 0 saturated carbocycles. The molecule has 2 aromatic carbocycles. The van der Waals surface area contributed by atoms with Gasteiger partial charge in [-0.25, -0.2) is 4.39 Å². The van der Waals surface area contributed by atoms with E-state index in [9.17, 15) is 14.3 Å². The van der Waals surface area contributed by atoms with Crippen molar-refractivity contribution in [1.82, 2.24) is 10.2 Å². The van der Waals surface area contributed by atoms with Crippen LogP contribution in [0.2, 0.25) is 0 Å². The molecule has 1 aliphatic rings. The number of halogens is 1. The van der Waals surface area contributed by atoms with Gasteiger partial charge < -0.3 is 15.2 Å². The number of aliphatic hydroxyl groups is 1. The van der Waals surface area contributed by atoms with Gasteiger partial charge in [-0.3, -0.25) is 9.69 Å². The molecule has 0 aromatic heterocycles. The topological polar surface area (TPSA) is 61.8 Å². The molecule has 2 aromatic rings. The first-order valence-corrected chi connectivity index (χ1v) is 9.16. The van der Waals surface area contributed by atoms with Crippen molar-refractivity contribution < 1.29 is 19.0 Å². The lowest BCUT2D eigenvalue weighted by atomic mass is 9.93. The summed E-state index contributed by atoms with van der Waals surface area (Å²) >= 11 is 0. The number of hydrogen-bond acceptors (Lipinski definition) is 4. The van der Waals surface area contributed by atoms with Crippen LogP contribution in [0.15, 0.2) is 54.6 Å². The molecule has 1 atom stereocenters. The van der Waals surface area contributed by atoms with Crippen molar-refractivity contribution in [2.45, 2.75) is 25.0 Å². The van der Waals surface area contributed by atoms with Gasteiger partial charge in [-0.1, -0.05) is 30.3 Å². The normalized spacial score (nSPS) is 20.2. The summed E-state index contributed by atoms with van der Waals surface area (Å²) in [6, 6.07) is 15.4. The van der Waals surface area contributed by atoms with Crippen LogP contribution in [-0.4, -0.2) is 47.8 Å². The summed E-state index contributed by atoms with van der Waals surface area (Å²) in [5.41, 5.74) is -0.123. The average Bonchev–Trinajstić information content (AvgIpc) is 2.67. The molecule has 0 bridgehead atoms. The molecule has 1 fully saturated rings. The number of carbonyl (C=O) groups is 1. The van der Waals surface area contributed by atoms with Crippen molar-refractivity contribution in [3.63, 3.8) is 0 Å². The summed E-state index contributed by atoms with van der Waals surface area (Å²) in [5, 5.41) is 13.7. The molecule has 5 nitrogen and oxygen atoms in total. The predicted octanol–water partition coefficient (Wildman–Crippen LogP) is 2.35. The van der Waals surface area contributed by atoms with E-state index in [0.29, 0.717) is 19.5 Å². The molecule has 6 heteroatoms. The van der Waals surface area contributed by atoms with Crippen LogP contribution in [-0.2, 0) is 11.3 Å². The molecule has 2 N–H and O–H groups in total. The van der Waals surface area contributed by atoms with E-state index in [0.717, 1.165) is 24.3 Å². The lowest BCUT2D eigenvalue weighted by Gasteiger charge is -2.38. The highest BCUT2D eigenvalue weighted by molar-refractivity contribution is 5.78. The summed E-state index contributed by atoms with van der Waals surface area (Å²) in [6.45, 7) is 1.93. The molecule has 1 unspecified atom stereocenters. The molecule has 0 radical (unpaired) electrons. The maximum atomic E-state index is 12.9. The predicted molar refractivity (Wildman–Crippen MR) is 101 cm³/mol. The fraction of sp³-hybridized carbons (Fsp3) is 0.381. The van der Waals surface area contributed by atoms with Gasteiger partial charge in [-0.05, 0) is 49.2 Å². The molecule has 144 valence electrons. The van der Waals surface area contributed by atoms with Crippen molar-refractivity contribution in [2.24, 2.45) is 0 Å². The van der Waals surface area contributed by atoms with E-state index in [2.05, 4.69) is 5.32 Å². The number of benzene rings is 2. The van der Waals surface area contributed by atoms with Crippen LogP contribution >= 0.6 is 0 Å². The third-order valence-corrected chi connectivity index (χ3v) is 4.66. The molecule has 1 amide bonds. The van der Waals surface area contributed by atoms with Crippen LogP contribution in [0.4, 0.5) is 4.39 Å². The lowest BCUT2D eigenvalue weighted by molar-refractivity contribution is -0.124. The SMILES string of the molecule is O=C(CN1CCCC(O)(COc2ccccc2)C1)NCc1ccc(F)cc1. The lowest BCUT2D eigenvalue weighted by Crippen LogP contribution is -2.53. The molecule has 3 rings (SSSR count). The highest BCUT2D eigenvalue weighted by Crippen LogP contribution is 2.22. The van der Waals surface area contributed by atoms with Crippen LogP contribution in [0, 0.1) is 5.82 Å². The van der Waals surface area contributed by atoms with Crippen molar-refractivity contribution >= 4 is 5.91 Å². The van der Waals surface area contributed by atoms with Crippen molar-refractivity contribution in [3.05, 3.63) is 66.0 Å². The Kier molecular flexibility index (Phi) is 6.42. The van der Waals surface area contributed by atoms with Crippen LogP contribution < -0.4 is 10.1 Å². The standard InChI is InChI=1S/C21H25FN2O3/c22-18-9-7-17(8-10-18)13-23-20(25)14-24-12-4-11-21(26,15-24)16-27-19-5-2-1-3-6-19/h1-3,5-10,26H,4,11-16H2,(H,23,25). The molecule has 1 heterocycles. The quantitative estimate of drug-likeness (QED) is 0.783. The van der Waals surface area contributed by atoms with Gasteiger partial charge in [0.15, 0.2) is 0 Å². The third kappa shape index (κ3) is 6.05. The Bertz CT molecular complexity index is 739. The first-order chi connectivity index (χ1) is 13.0. The Morgan fingerprint density at radius 3 is 2.67 bits per heavy atom. The fourth-order valence-corrected chi connectivity index (χ4v) is 3.26. The number of para-hydroxylation sites is 1. The van der Waals surface area contributed by atoms with Crippen molar-refractivity contribution in [2.75, 3.05) is 26.2 Å². The summed E-state index contributed by atoms with van der Waals surface area (Å²) < 4.78 is 18.6. The number of amides is 1. The molecule has 1 aliphatic heterocycles. The number of likely N-dealkylation sites (tertiary alicyclic amines) is 1. The van der Waals surface area contributed by atoms with E-state index in [-0.39, 0.29) is 24.9 Å². The fourth-order valence-electron chi connectivity index (χ4n) is 3.26. The molecular formula is C21H25FN2O3. The van der Waals surface area contributed by atoms with Gasteiger partial charge in [0.1, 0.15) is 23.8 Å². The molecule has 1 saturated heterocycles. The van der Waals surface area contributed by atoms with Crippen LogP contribution in [0.3, 0.4) is 0 Å². The summed E-state index contributed by atoms with van der Waals surface area (Å²) in [4.78, 5) is 14.1. The van der Waals surface area contributed by atoms with Crippen LogP contribution in [0.1, 0.15) is 18.4 Å². The van der Waals surface area contributed by atoms with Gasteiger partial charge in [0.05, 0.1) is 6.54 Å². The first-order valence-electron chi connectivity index (χ1n) is 9.16. The first kappa shape index (κ1) is 19.3. The Balaban J connectivity index is 1.45. The van der Waals surface area contributed by atoms with Gasteiger partial charge in [0.25, 0.3) is 0 Å².